The number of aromatic amines is 1. The molecule has 5 heteroatoms. The van der Waals surface area contributed by atoms with Crippen LogP contribution in [0.25, 0.3) is 22.3 Å². The molecule has 0 unspecified atom stereocenters. The minimum absolute atomic E-state index is 0.250. The molecule has 0 aliphatic rings. The third-order valence-electron chi connectivity index (χ3n) is 2.73. The Bertz CT molecular complexity index is 686. The Hall–Kier alpha value is -2.43. The molecular weight excluding hydrogens is 214 g/mol. The molecule has 0 saturated heterocycles. The van der Waals surface area contributed by atoms with Gasteiger partial charge in [0.25, 0.3) is 0 Å². The highest BCUT2D eigenvalue weighted by molar-refractivity contribution is 5.91. The van der Waals surface area contributed by atoms with Gasteiger partial charge in [0.05, 0.1) is 17.3 Å². The van der Waals surface area contributed by atoms with E-state index in [1.54, 1.807) is 6.20 Å². The maximum absolute atomic E-state index is 5.70. The number of anilines is 1. The van der Waals surface area contributed by atoms with Crippen LogP contribution in [0.1, 0.15) is 5.56 Å². The summed E-state index contributed by atoms with van der Waals surface area (Å²) in [6.07, 6.45) is 1.72. The van der Waals surface area contributed by atoms with Crippen LogP contribution in [-0.2, 0) is 0 Å². The van der Waals surface area contributed by atoms with Crippen molar-refractivity contribution in [3.05, 3.63) is 36.0 Å². The second kappa shape index (κ2) is 3.55. The molecule has 0 aliphatic heterocycles. The highest BCUT2D eigenvalue weighted by Gasteiger charge is 2.11. The molecule has 3 aromatic rings. The predicted octanol–water partition coefficient (Wildman–Crippen LogP) is 1.91. The first kappa shape index (κ1) is 9.77. The number of nitrogens with zero attached hydrogens (tertiary/aromatic N) is 3. The predicted molar refractivity (Wildman–Crippen MR) is 66.3 cm³/mol. The number of rotatable bonds is 1. The number of nitrogens with one attached hydrogen (secondary N) is 1. The first-order valence-corrected chi connectivity index (χ1v) is 5.28. The quantitative estimate of drug-likeness (QED) is 0.663. The number of nitrogen functional groups attached to an aromatic ring is 1. The van der Waals surface area contributed by atoms with E-state index < -0.39 is 0 Å². The maximum Gasteiger partial charge on any atom is 0.222 e. The van der Waals surface area contributed by atoms with Crippen LogP contribution in [0.2, 0.25) is 0 Å². The van der Waals surface area contributed by atoms with Crippen molar-refractivity contribution < 1.29 is 0 Å². The monoisotopic (exact) mass is 225 g/mol. The van der Waals surface area contributed by atoms with E-state index in [1.807, 2.05) is 31.2 Å². The summed E-state index contributed by atoms with van der Waals surface area (Å²) in [5.41, 5.74) is 9.38. The van der Waals surface area contributed by atoms with Gasteiger partial charge in [-0.2, -0.15) is 10.1 Å². The molecule has 3 rings (SSSR count). The van der Waals surface area contributed by atoms with Crippen molar-refractivity contribution in [3.8, 4) is 11.3 Å². The molecule has 0 atom stereocenters. The first-order chi connectivity index (χ1) is 8.25. The van der Waals surface area contributed by atoms with E-state index in [-0.39, 0.29) is 5.95 Å². The summed E-state index contributed by atoms with van der Waals surface area (Å²) in [6.45, 7) is 2.04. The number of benzene rings is 1. The average molecular weight is 225 g/mol. The Morgan fingerprint density at radius 2 is 2.00 bits per heavy atom. The Kier molecular flexibility index (Phi) is 2.04. The Labute approximate surface area is 97.7 Å². The van der Waals surface area contributed by atoms with Gasteiger partial charge in [-0.25, -0.2) is 4.98 Å². The summed E-state index contributed by atoms with van der Waals surface area (Å²) in [4.78, 5) is 8.41. The van der Waals surface area contributed by atoms with E-state index in [0.717, 1.165) is 22.2 Å². The number of hydrogen-bond donors (Lipinski definition) is 2. The fourth-order valence-corrected chi connectivity index (χ4v) is 1.90. The lowest BCUT2D eigenvalue weighted by atomic mass is 10.0. The van der Waals surface area contributed by atoms with Crippen LogP contribution < -0.4 is 5.73 Å². The molecule has 0 amide bonds. The smallest absolute Gasteiger partial charge is 0.222 e. The Balaban J connectivity index is 2.37. The number of H-pyrrole nitrogens is 1. The first-order valence-electron chi connectivity index (χ1n) is 5.28. The van der Waals surface area contributed by atoms with Crippen LogP contribution in [0.15, 0.2) is 30.5 Å². The molecule has 0 fully saturated rings. The zero-order chi connectivity index (χ0) is 11.8. The van der Waals surface area contributed by atoms with Crippen LogP contribution in [0.3, 0.4) is 0 Å². The number of fused-ring (bicyclic) bond motifs is 1. The third kappa shape index (κ3) is 1.52. The SMILES string of the molecule is Cc1ccccc1-c1nc(N)nc2[nH]ncc12. The van der Waals surface area contributed by atoms with Gasteiger partial charge in [-0.3, -0.25) is 5.10 Å². The lowest BCUT2D eigenvalue weighted by Crippen LogP contribution is -1.98. The number of nitrogens with two attached hydrogens (primary N) is 1. The summed E-state index contributed by atoms with van der Waals surface area (Å²) in [7, 11) is 0. The van der Waals surface area contributed by atoms with E-state index in [9.17, 15) is 0 Å². The van der Waals surface area contributed by atoms with Gasteiger partial charge in [0, 0.05) is 5.56 Å². The second-order valence-electron chi connectivity index (χ2n) is 3.88. The fourth-order valence-electron chi connectivity index (χ4n) is 1.90. The van der Waals surface area contributed by atoms with Gasteiger partial charge >= 0.3 is 0 Å². The fraction of sp³-hybridized carbons (Fsp3) is 0.0833. The number of aryl methyl sites for hydroxylation is 1. The van der Waals surface area contributed by atoms with Crippen molar-refractivity contribution in [2.24, 2.45) is 0 Å². The minimum Gasteiger partial charge on any atom is -0.368 e. The minimum atomic E-state index is 0.250. The highest BCUT2D eigenvalue weighted by Crippen LogP contribution is 2.27. The van der Waals surface area contributed by atoms with Gasteiger partial charge in [0.15, 0.2) is 5.65 Å². The van der Waals surface area contributed by atoms with E-state index in [0.29, 0.717) is 5.65 Å². The van der Waals surface area contributed by atoms with Crippen LogP contribution in [0, 0.1) is 6.92 Å². The van der Waals surface area contributed by atoms with Crippen LogP contribution in [0.5, 0.6) is 0 Å². The average Bonchev–Trinajstić information content (AvgIpc) is 2.76. The molecule has 3 N–H and O–H groups in total. The molecule has 0 spiro atoms. The van der Waals surface area contributed by atoms with Crippen LogP contribution in [-0.4, -0.2) is 20.2 Å². The largest absolute Gasteiger partial charge is 0.368 e. The maximum atomic E-state index is 5.70. The third-order valence-corrected chi connectivity index (χ3v) is 2.73. The van der Waals surface area contributed by atoms with Crippen molar-refractivity contribution in [1.82, 2.24) is 20.2 Å². The van der Waals surface area contributed by atoms with Crippen molar-refractivity contribution >= 4 is 17.0 Å². The van der Waals surface area contributed by atoms with E-state index in [4.69, 9.17) is 5.73 Å². The lowest BCUT2D eigenvalue weighted by Gasteiger charge is -2.06. The van der Waals surface area contributed by atoms with Gasteiger partial charge in [-0.1, -0.05) is 24.3 Å². The number of hydrogen-bond acceptors (Lipinski definition) is 4. The van der Waals surface area contributed by atoms with Crippen LogP contribution >= 0.6 is 0 Å². The molecule has 84 valence electrons. The molecule has 5 nitrogen and oxygen atoms in total. The van der Waals surface area contributed by atoms with Gasteiger partial charge in [-0.05, 0) is 12.5 Å². The molecular formula is C12H11N5. The standard InChI is InChI=1S/C12H11N5/c1-7-4-2-3-5-8(7)10-9-6-14-17-11(9)16-12(13)15-10/h2-6H,1H3,(H3,13,14,15,16,17). The van der Waals surface area contributed by atoms with E-state index in [2.05, 4.69) is 20.2 Å². The summed E-state index contributed by atoms with van der Waals surface area (Å²) in [5, 5.41) is 7.67. The van der Waals surface area contributed by atoms with Crippen molar-refractivity contribution in [2.45, 2.75) is 6.92 Å². The van der Waals surface area contributed by atoms with Gasteiger partial charge in [0.1, 0.15) is 0 Å². The van der Waals surface area contributed by atoms with Crippen molar-refractivity contribution in [1.29, 1.82) is 0 Å². The topological polar surface area (TPSA) is 80.5 Å². The highest BCUT2D eigenvalue weighted by atomic mass is 15.2. The van der Waals surface area contributed by atoms with Crippen molar-refractivity contribution in [3.63, 3.8) is 0 Å². The molecule has 17 heavy (non-hydrogen) atoms. The molecule has 0 aliphatic carbocycles. The van der Waals surface area contributed by atoms with Gasteiger partial charge in [0.2, 0.25) is 5.95 Å². The molecule has 1 aromatic carbocycles. The lowest BCUT2D eigenvalue weighted by molar-refractivity contribution is 1.09. The summed E-state index contributed by atoms with van der Waals surface area (Å²) in [5.74, 6) is 0.250. The van der Waals surface area contributed by atoms with E-state index >= 15 is 0 Å². The van der Waals surface area contributed by atoms with Gasteiger partial charge in [-0.15, -0.1) is 0 Å². The molecule has 2 heterocycles. The molecule has 0 bridgehead atoms. The zero-order valence-electron chi connectivity index (χ0n) is 9.31. The zero-order valence-corrected chi connectivity index (χ0v) is 9.31. The van der Waals surface area contributed by atoms with E-state index in [1.165, 1.54) is 0 Å². The van der Waals surface area contributed by atoms with Crippen molar-refractivity contribution in [2.75, 3.05) is 5.73 Å². The summed E-state index contributed by atoms with van der Waals surface area (Å²) in [6, 6.07) is 8.03. The summed E-state index contributed by atoms with van der Waals surface area (Å²) >= 11 is 0. The Morgan fingerprint density at radius 1 is 1.18 bits per heavy atom. The second-order valence-corrected chi connectivity index (χ2v) is 3.88. The van der Waals surface area contributed by atoms with Gasteiger partial charge < -0.3 is 5.73 Å². The molecule has 0 radical (unpaired) electrons. The molecule has 0 saturated carbocycles. The molecule has 2 aromatic heterocycles. The normalized spacial score (nSPS) is 10.9. The Morgan fingerprint density at radius 3 is 2.82 bits per heavy atom. The van der Waals surface area contributed by atoms with Crippen LogP contribution in [0.4, 0.5) is 5.95 Å². The number of aromatic nitrogens is 4. The summed E-state index contributed by atoms with van der Waals surface area (Å²) < 4.78 is 0.